The molecule has 4 rings (SSSR count). The van der Waals surface area contributed by atoms with Crippen LogP contribution in [0.4, 0.5) is 11.4 Å². The number of benzene rings is 2. The van der Waals surface area contributed by atoms with E-state index in [1.807, 2.05) is 12.1 Å². The lowest BCUT2D eigenvalue weighted by Crippen LogP contribution is -1.99. The third kappa shape index (κ3) is 1.27. The molecule has 17 heavy (non-hydrogen) atoms. The van der Waals surface area contributed by atoms with Gasteiger partial charge in [0.25, 0.3) is 0 Å². The molecule has 1 aromatic heterocycles. The minimum Gasteiger partial charge on any atom is -0.363 e. The molecule has 2 heterocycles. The summed E-state index contributed by atoms with van der Waals surface area (Å²) in [6, 6.07) is 12.3. The van der Waals surface area contributed by atoms with Crippen LogP contribution in [0.1, 0.15) is 0 Å². The first kappa shape index (κ1) is 9.13. The van der Waals surface area contributed by atoms with Gasteiger partial charge in [-0.1, -0.05) is 29.1 Å². The smallest absolute Gasteiger partial charge is 0.133 e. The largest absolute Gasteiger partial charge is 0.363 e. The van der Waals surface area contributed by atoms with E-state index in [1.165, 1.54) is 9.79 Å². The standard InChI is InChI=1S/C13H8N2OS/c1-2-4-11-10(3-1)14-13-8-7-16-15-9(8)5-6-12(13)17-11/h1-7,14H. The highest BCUT2D eigenvalue weighted by molar-refractivity contribution is 7.99. The summed E-state index contributed by atoms with van der Waals surface area (Å²) in [5.41, 5.74) is 3.11. The highest BCUT2D eigenvalue weighted by Gasteiger charge is 2.18. The van der Waals surface area contributed by atoms with E-state index >= 15 is 0 Å². The van der Waals surface area contributed by atoms with Gasteiger partial charge in [0, 0.05) is 9.79 Å². The van der Waals surface area contributed by atoms with Crippen LogP contribution in [0.25, 0.3) is 10.9 Å². The van der Waals surface area contributed by atoms with Crippen molar-refractivity contribution in [2.24, 2.45) is 0 Å². The second kappa shape index (κ2) is 3.28. The molecule has 0 amide bonds. The van der Waals surface area contributed by atoms with Gasteiger partial charge >= 0.3 is 0 Å². The summed E-state index contributed by atoms with van der Waals surface area (Å²) >= 11 is 1.77. The molecular formula is C13H8N2OS. The van der Waals surface area contributed by atoms with Crippen molar-refractivity contribution in [3.05, 3.63) is 42.7 Å². The van der Waals surface area contributed by atoms with E-state index in [1.54, 1.807) is 18.0 Å². The zero-order valence-corrected chi connectivity index (χ0v) is 9.62. The predicted octanol–water partition coefficient (Wildman–Crippen LogP) is 4.04. The third-order valence-corrected chi connectivity index (χ3v) is 4.01. The second-order valence-corrected chi connectivity index (χ2v) is 4.99. The summed E-state index contributed by atoms with van der Waals surface area (Å²) in [5, 5.41) is 8.44. The first-order chi connectivity index (χ1) is 8.42. The molecule has 0 atom stereocenters. The third-order valence-electron chi connectivity index (χ3n) is 2.87. The highest BCUT2D eigenvalue weighted by atomic mass is 32.2. The van der Waals surface area contributed by atoms with Gasteiger partial charge in [-0.3, -0.25) is 0 Å². The van der Waals surface area contributed by atoms with Gasteiger partial charge in [0.2, 0.25) is 0 Å². The van der Waals surface area contributed by atoms with Gasteiger partial charge in [-0.25, -0.2) is 0 Å². The molecule has 1 aliphatic rings. The summed E-state index contributed by atoms with van der Waals surface area (Å²) < 4.78 is 5.02. The molecule has 0 fully saturated rings. The van der Waals surface area contributed by atoms with Gasteiger partial charge in [-0.2, -0.15) is 0 Å². The quantitative estimate of drug-likeness (QED) is 0.503. The molecular weight excluding hydrogens is 232 g/mol. The van der Waals surface area contributed by atoms with Crippen LogP contribution in [0, 0.1) is 0 Å². The van der Waals surface area contributed by atoms with Gasteiger partial charge in [0.05, 0.1) is 16.8 Å². The molecule has 2 aromatic carbocycles. The molecule has 3 nitrogen and oxygen atoms in total. The van der Waals surface area contributed by atoms with Gasteiger partial charge in [-0.05, 0) is 24.3 Å². The predicted molar refractivity (Wildman–Crippen MR) is 67.9 cm³/mol. The number of nitrogens with one attached hydrogen (secondary N) is 1. The highest BCUT2D eigenvalue weighted by Crippen LogP contribution is 2.46. The number of nitrogens with zero attached hydrogens (tertiary/aromatic N) is 1. The Balaban J connectivity index is 1.98. The van der Waals surface area contributed by atoms with Crippen LogP contribution in [0.3, 0.4) is 0 Å². The SMILES string of the molecule is c1ccc2c(c1)Nc1c(ccc3nocc13)S2. The van der Waals surface area contributed by atoms with Crippen LogP contribution >= 0.6 is 11.8 Å². The average Bonchev–Trinajstić information content (AvgIpc) is 2.85. The Morgan fingerprint density at radius 2 is 2.00 bits per heavy atom. The van der Waals surface area contributed by atoms with Gasteiger partial charge in [-0.15, -0.1) is 0 Å². The second-order valence-electron chi connectivity index (χ2n) is 3.91. The number of anilines is 2. The average molecular weight is 240 g/mol. The Bertz CT molecular complexity index is 720. The monoisotopic (exact) mass is 240 g/mol. The fraction of sp³-hybridized carbons (Fsp3) is 0. The lowest BCUT2D eigenvalue weighted by molar-refractivity contribution is 0.428. The number of fused-ring (bicyclic) bond motifs is 4. The fourth-order valence-electron chi connectivity index (χ4n) is 2.05. The minimum absolute atomic E-state index is 0.885. The molecule has 0 bridgehead atoms. The lowest BCUT2D eigenvalue weighted by atomic mass is 10.2. The first-order valence-electron chi connectivity index (χ1n) is 5.33. The van der Waals surface area contributed by atoms with Gasteiger partial charge in [0.1, 0.15) is 11.8 Å². The first-order valence-corrected chi connectivity index (χ1v) is 6.14. The number of hydrogen-bond acceptors (Lipinski definition) is 4. The van der Waals surface area contributed by atoms with E-state index in [4.69, 9.17) is 4.52 Å². The maximum Gasteiger partial charge on any atom is 0.133 e. The fourth-order valence-corrected chi connectivity index (χ4v) is 3.06. The summed E-state index contributed by atoms with van der Waals surface area (Å²) in [7, 11) is 0. The van der Waals surface area contributed by atoms with Crippen LogP contribution in [0.2, 0.25) is 0 Å². The van der Waals surface area contributed by atoms with Crippen molar-refractivity contribution < 1.29 is 4.52 Å². The van der Waals surface area contributed by atoms with E-state index in [-0.39, 0.29) is 0 Å². The normalized spacial score (nSPS) is 12.9. The summed E-state index contributed by atoms with van der Waals surface area (Å²) in [4.78, 5) is 2.45. The molecule has 0 saturated heterocycles. The van der Waals surface area contributed by atoms with E-state index in [0.717, 1.165) is 22.3 Å². The topological polar surface area (TPSA) is 38.1 Å². The molecule has 0 saturated carbocycles. The maximum atomic E-state index is 5.02. The van der Waals surface area contributed by atoms with Crippen LogP contribution in [0.5, 0.6) is 0 Å². The maximum absolute atomic E-state index is 5.02. The van der Waals surface area contributed by atoms with E-state index in [2.05, 4.69) is 34.7 Å². The minimum atomic E-state index is 0.885. The Morgan fingerprint density at radius 1 is 1.06 bits per heavy atom. The molecule has 1 aliphatic heterocycles. The van der Waals surface area contributed by atoms with Crippen LogP contribution in [-0.2, 0) is 0 Å². The van der Waals surface area contributed by atoms with E-state index in [0.29, 0.717) is 0 Å². The lowest BCUT2D eigenvalue weighted by Gasteiger charge is -2.20. The molecule has 0 radical (unpaired) electrons. The number of para-hydroxylation sites is 1. The molecule has 3 aromatic rings. The van der Waals surface area contributed by atoms with Gasteiger partial charge < -0.3 is 9.84 Å². The summed E-state index contributed by atoms with van der Waals surface area (Å²) in [5.74, 6) is 0. The Labute approximate surface area is 102 Å². The van der Waals surface area contributed by atoms with Crippen LogP contribution in [-0.4, -0.2) is 5.16 Å². The Morgan fingerprint density at radius 3 is 3.00 bits per heavy atom. The number of hydrogen-bond donors (Lipinski definition) is 1. The molecule has 4 heteroatoms. The number of aromatic nitrogens is 1. The molecule has 0 spiro atoms. The Kier molecular flexibility index (Phi) is 1.76. The van der Waals surface area contributed by atoms with Crippen molar-refractivity contribution in [3.63, 3.8) is 0 Å². The number of rotatable bonds is 0. The van der Waals surface area contributed by atoms with Crippen molar-refractivity contribution in [2.45, 2.75) is 9.79 Å². The van der Waals surface area contributed by atoms with Crippen molar-refractivity contribution in [1.82, 2.24) is 5.16 Å². The Hall–Kier alpha value is -1.94. The van der Waals surface area contributed by atoms with E-state index < -0.39 is 0 Å². The molecule has 0 unspecified atom stereocenters. The zero-order valence-electron chi connectivity index (χ0n) is 8.81. The van der Waals surface area contributed by atoms with Crippen LogP contribution < -0.4 is 5.32 Å². The van der Waals surface area contributed by atoms with E-state index in [9.17, 15) is 0 Å². The summed E-state index contributed by atoms with van der Waals surface area (Å²) in [6.45, 7) is 0. The summed E-state index contributed by atoms with van der Waals surface area (Å²) in [6.07, 6.45) is 1.69. The molecule has 82 valence electrons. The van der Waals surface area contributed by atoms with Crippen molar-refractivity contribution in [1.29, 1.82) is 0 Å². The van der Waals surface area contributed by atoms with Crippen LogP contribution in [0.15, 0.2) is 57.0 Å². The van der Waals surface area contributed by atoms with Gasteiger partial charge in [0.15, 0.2) is 0 Å². The molecule has 1 N–H and O–H groups in total. The van der Waals surface area contributed by atoms with Crippen molar-refractivity contribution >= 4 is 34.0 Å². The zero-order chi connectivity index (χ0) is 11.2. The molecule has 0 aliphatic carbocycles. The van der Waals surface area contributed by atoms with Crippen molar-refractivity contribution in [2.75, 3.05) is 5.32 Å². The van der Waals surface area contributed by atoms with Crippen molar-refractivity contribution in [3.8, 4) is 0 Å².